The summed E-state index contributed by atoms with van der Waals surface area (Å²) in [6.45, 7) is 3.82. The summed E-state index contributed by atoms with van der Waals surface area (Å²) in [5.74, 6) is 0.705. The minimum Gasteiger partial charge on any atom is -0.340 e. The monoisotopic (exact) mass is 244 g/mol. The molecule has 92 valence electrons. The Morgan fingerprint density at radius 3 is 2.44 bits per heavy atom. The van der Waals surface area contributed by atoms with E-state index in [0.717, 1.165) is 16.9 Å². The first kappa shape index (κ1) is 12.0. The van der Waals surface area contributed by atoms with Gasteiger partial charge in [-0.15, -0.1) is 0 Å². The van der Waals surface area contributed by atoms with Crippen molar-refractivity contribution in [2.24, 2.45) is 0 Å². The molecule has 0 fully saturated rings. The number of non-ortho nitro benzene ring substituents is 1. The van der Waals surface area contributed by atoms with Crippen molar-refractivity contribution in [3.05, 3.63) is 52.0 Å². The van der Waals surface area contributed by atoms with E-state index < -0.39 is 4.92 Å². The van der Waals surface area contributed by atoms with E-state index in [9.17, 15) is 10.1 Å². The van der Waals surface area contributed by atoms with Gasteiger partial charge in [-0.3, -0.25) is 10.1 Å². The summed E-state index contributed by atoms with van der Waals surface area (Å²) < 4.78 is 0. The molecule has 2 aromatic rings. The summed E-state index contributed by atoms with van der Waals surface area (Å²) in [5.41, 5.74) is 2.67. The minimum atomic E-state index is -0.427. The van der Waals surface area contributed by atoms with Crippen molar-refractivity contribution in [1.29, 1.82) is 0 Å². The first-order chi connectivity index (χ1) is 8.58. The average molecular weight is 244 g/mol. The molecule has 0 radical (unpaired) electrons. The number of hydrogen-bond acceptors (Lipinski definition) is 5. The van der Waals surface area contributed by atoms with E-state index in [0.29, 0.717) is 5.82 Å². The summed E-state index contributed by atoms with van der Waals surface area (Å²) in [7, 11) is 0. The fourth-order valence-corrected chi connectivity index (χ4v) is 1.47. The number of hydrogen-bond donors (Lipinski definition) is 1. The second-order valence-electron chi connectivity index (χ2n) is 3.86. The summed E-state index contributed by atoms with van der Waals surface area (Å²) in [5, 5.41) is 13.6. The Bertz CT molecular complexity index is 581. The van der Waals surface area contributed by atoms with Gasteiger partial charge in [0.25, 0.3) is 5.69 Å². The van der Waals surface area contributed by atoms with Crippen molar-refractivity contribution in [2.45, 2.75) is 13.8 Å². The maximum Gasteiger partial charge on any atom is 0.269 e. The maximum atomic E-state index is 10.5. The lowest BCUT2D eigenvalue weighted by molar-refractivity contribution is -0.384. The van der Waals surface area contributed by atoms with Crippen molar-refractivity contribution < 1.29 is 4.92 Å². The molecule has 0 saturated carbocycles. The Morgan fingerprint density at radius 2 is 1.83 bits per heavy atom. The molecule has 0 aliphatic rings. The van der Waals surface area contributed by atoms with E-state index in [4.69, 9.17) is 0 Å². The number of anilines is 2. The van der Waals surface area contributed by atoms with Crippen LogP contribution in [-0.4, -0.2) is 14.9 Å². The molecule has 1 N–H and O–H groups in total. The van der Waals surface area contributed by atoms with Crippen molar-refractivity contribution in [3.63, 3.8) is 0 Å². The Labute approximate surface area is 104 Å². The zero-order valence-corrected chi connectivity index (χ0v) is 10.0. The van der Waals surface area contributed by atoms with Gasteiger partial charge in [0.1, 0.15) is 12.1 Å². The van der Waals surface area contributed by atoms with Gasteiger partial charge >= 0.3 is 0 Å². The van der Waals surface area contributed by atoms with Gasteiger partial charge in [0.15, 0.2) is 0 Å². The van der Waals surface area contributed by atoms with Crippen molar-refractivity contribution in [2.75, 3.05) is 5.32 Å². The van der Waals surface area contributed by atoms with E-state index in [-0.39, 0.29) is 5.69 Å². The van der Waals surface area contributed by atoms with Crippen molar-refractivity contribution in [3.8, 4) is 0 Å². The summed E-state index contributed by atoms with van der Waals surface area (Å²) in [6, 6.07) is 6.20. The summed E-state index contributed by atoms with van der Waals surface area (Å²) in [4.78, 5) is 18.3. The van der Waals surface area contributed by atoms with Crippen LogP contribution in [0.4, 0.5) is 17.2 Å². The molecule has 6 heteroatoms. The quantitative estimate of drug-likeness (QED) is 0.663. The van der Waals surface area contributed by atoms with Crippen LogP contribution >= 0.6 is 0 Å². The van der Waals surface area contributed by atoms with E-state index >= 15 is 0 Å². The van der Waals surface area contributed by atoms with E-state index in [1.165, 1.54) is 18.5 Å². The summed E-state index contributed by atoms with van der Waals surface area (Å²) >= 11 is 0. The molecule has 0 spiro atoms. The van der Waals surface area contributed by atoms with Gasteiger partial charge in [-0.25, -0.2) is 9.97 Å². The Morgan fingerprint density at radius 1 is 1.17 bits per heavy atom. The van der Waals surface area contributed by atoms with Crippen LogP contribution in [0.1, 0.15) is 11.3 Å². The van der Waals surface area contributed by atoms with Crippen LogP contribution in [0.25, 0.3) is 0 Å². The number of benzene rings is 1. The van der Waals surface area contributed by atoms with Crippen molar-refractivity contribution >= 4 is 17.2 Å². The molecule has 6 nitrogen and oxygen atoms in total. The summed E-state index contributed by atoms with van der Waals surface area (Å²) in [6.07, 6.45) is 1.48. The SMILES string of the molecule is Cc1ncnc(Nc2ccc([N+](=O)[O-])cc2)c1C. The predicted molar refractivity (Wildman–Crippen MR) is 67.9 cm³/mol. The Hall–Kier alpha value is -2.50. The fraction of sp³-hybridized carbons (Fsp3) is 0.167. The normalized spacial score (nSPS) is 10.1. The standard InChI is InChI=1S/C12H12N4O2/c1-8-9(2)13-7-14-12(8)15-10-3-5-11(6-4-10)16(17)18/h3-7H,1-2H3,(H,13,14,15). The molecular formula is C12H12N4O2. The zero-order valence-electron chi connectivity index (χ0n) is 10.0. The first-order valence-electron chi connectivity index (χ1n) is 5.37. The average Bonchev–Trinajstić information content (AvgIpc) is 2.36. The lowest BCUT2D eigenvalue weighted by Gasteiger charge is -2.09. The molecule has 0 saturated heterocycles. The number of nitro benzene ring substituents is 1. The maximum absolute atomic E-state index is 10.5. The van der Waals surface area contributed by atoms with E-state index in [1.54, 1.807) is 12.1 Å². The third kappa shape index (κ3) is 2.42. The topological polar surface area (TPSA) is 81.0 Å². The van der Waals surface area contributed by atoms with E-state index in [2.05, 4.69) is 15.3 Å². The highest BCUT2D eigenvalue weighted by Crippen LogP contribution is 2.21. The van der Waals surface area contributed by atoms with Crippen LogP contribution in [-0.2, 0) is 0 Å². The van der Waals surface area contributed by atoms with Gasteiger partial charge < -0.3 is 5.32 Å². The van der Waals surface area contributed by atoms with Crippen LogP contribution in [0, 0.1) is 24.0 Å². The van der Waals surface area contributed by atoms with Crippen LogP contribution in [0.5, 0.6) is 0 Å². The largest absolute Gasteiger partial charge is 0.340 e. The number of aryl methyl sites for hydroxylation is 1. The lowest BCUT2D eigenvalue weighted by atomic mass is 10.2. The van der Waals surface area contributed by atoms with Gasteiger partial charge in [0, 0.05) is 29.1 Å². The number of nitro groups is 1. The Balaban J connectivity index is 2.24. The lowest BCUT2D eigenvalue weighted by Crippen LogP contribution is -1.99. The predicted octanol–water partition coefficient (Wildman–Crippen LogP) is 2.75. The highest BCUT2D eigenvalue weighted by molar-refractivity contribution is 5.60. The van der Waals surface area contributed by atoms with Gasteiger partial charge in [-0.1, -0.05) is 0 Å². The zero-order chi connectivity index (χ0) is 13.1. The molecule has 0 bridgehead atoms. The van der Waals surface area contributed by atoms with Crippen LogP contribution in [0.3, 0.4) is 0 Å². The molecule has 0 atom stereocenters. The number of aromatic nitrogens is 2. The molecular weight excluding hydrogens is 232 g/mol. The molecule has 0 amide bonds. The van der Waals surface area contributed by atoms with Crippen LogP contribution in [0.15, 0.2) is 30.6 Å². The van der Waals surface area contributed by atoms with Gasteiger partial charge in [-0.05, 0) is 26.0 Å². The number of nitrogens with zero attached hydrogens (tertiary/aromatic N) is 3. The Kier molecular flexibility index (Phi) is 3.18. The second kappa shape index (κ2) is 4.79. The van der Waals surface area contributed by atoms with Gasteiger partial charge in [0.2, 0.25) is 0 Å². The number of nitrogens with one attached hydrogen (secondary N) is 1. The fourth-order valence-electron chi connectivity index (χ4n) is 1.47. The molecule has 0 aliphatic carbocycles. The molecule has 1 aromatic heterocycles. The highest BCUT2D eigenvalue weighted by atomic mass is 16.6. The number of rotatable bonds is 3. The molecule has 1 aromatic carbocycles. The molecule has 0 unspecified atom stereocenters. The smallest absolute Gasteiger partial charge is 0.269 e. The third-order valence-corrected chi connectivity index (χ3v) is 2.68. The molecule has 0 aliphatic heterocycles. The van der Waals surface area contributed by atoms with Gasteiger partial charge in [-0.2, -0.15) is 0 Å². The van der Waals surface area contributed by atoms with Gasteiger partial charge in [0.05, 0.1) is 4.92 Å². The minimum absolute atomic E-state index is 0.0659. The van der Waals surface area contributed by atoms with Crippen LogP contribution < -0.4 is 5.32 Å². The highest BCUT2D eigenvalue weighted by Gasteiger charge is 2.06. The van der Waals surface area contributed by atoms with E-state index in [1.807, 2.05) is 13.8 Å². The first-order valence-corrected chi connectivity index (χ1v) is 5.37. The molecule has 2 rings (SSSR count). The molecule has 1 heterocycles. The third-order valence-electron chi connectivity index (χ3n) is 2.68. The molecule has 18 heavy (non-hydrogen) atoms. The van der Waals surface area contributed by atoms with Crippen LogP contribution in [0.2, 0.25) is 0 Å². The second-order valence-corrected chi connectivity index (χ2v) is 3.86. The van der Waals surface area contributed by atoms with Crippen molar-refractivity contribution in [1.82, 2.24) is 9.97 Å².